The molecule has 0 aromatic heterocycles. The molecule has 3 heteroatoms. The van der Waals surface area contributed by atoms with Gasteiger partial charge < -0.3 is 5.11 Å². The van der Waals surface area contributed by atoms with E-state index in [1.807, 2.05) is 6.92 Å². The van der Waals surface area contributed by atoms with E-state index in [4.69, 9.17) is 0 Å². The molecule has 0 bridgehead atoms. The molecule has 1 nitrogen and oxygen atoms in total. The second-order valence-electron chi connectivity index (χ2n) is 2.95. The maximum absolute atomic E-state index is 13.0. The summed E-state index contributed by atoms with van der Waals surface area (Å²) in [6, 6.07) is 3.84. The van der Waals surface area contributed by atoms with Gasteiger partial charge in [0.1, 0.15) is 0 Å². The van der Waals surface area contributed by atoms with E-state index in [0.717, 1.165) is 12.5 Å². The van der Waals surface area contributed by atoms with Crippen LogP contribution in [-0.4, -0.2) is 5.11 Å². The SMILES string of the molecule is CCCC(O)c1cccc(F)c1F. The van der Waals surface area contributed by atoms with Crippen LogP contribution in [0.15, 0.2) is 18.2 Å². The monoisotopic (exact) mass is 186 g/mol. The average Bonchev–Trinajstić information content (AvgIpc) is 2.10. The third-order valence-electron chi connectivity index (χ3n) is 1.90. The average molecular weight is 186 g/mol. The van der Waals surface area contributed by atoms with Gasteiger partial charge in [0.2, 0.25) is 0 Å². The highest BCUT2D eigenvalue weighted by Gasteiger charge is 2.14. The summed E-state index contributed by atoms with van der Waals surface area (Å²) in [6.07, 6.45) is 0.276. The fourth-order valence-electron chi connectivity index (χ4n) is 1.21. The Kier molecular flexibility index (Phi) is 3.37. The Bertz CT molecular complexity index is 286. The van der Waals surface area contributed by atoms with Gasteiger partial charge in [0.25, 0.3) is 0 Å². The lowest BCUT2D eigenvalue weighted by atomic mass is 10.0. The zero-order valence-electron chi connectivity index (χ0n) is 7.43. The van der Waals surface area contributed by atoms with Crippen molar-refractivity contribution < 1.29 is 13.9 Å². The number of hydrogen-bond acceptors (Lipinski definition) is 1. The van der Waals surface area contributed by atoms with E-state index in [2.05, 4.69) is 0 Å². The van der Waals surface area contributed by atoms with Gasteiger partial charge in [-0.25, -0.2) is 8.78 Å². The highest BCUT2D eigenvalue weighted by atomic mass is 19.2. The van der Waals surface area contributed by atoms with Gasteiger partial charge in [-0.1, -0.05) is 25.5 Å². The van der Waals surface area contributed by atoms with Crippen molar-refractivity contribution in [1.82, 2.24) is 0 Å². The van der Waals surface area contributed by atoms with Crippen LogP contribution in [0.5, 0.6) is 0 Å². The molecule has 1 aromatic carbocycles. The first-order valence-electron chi connectivity index (χ1n) is 4.28. The molecule has 1 rings (SSSR count). The van der Waals surface area contributed by atoms with E-state index in [0.29, 0.717) is 6.42 Å². The van der Waals surface area contributed by atoms with Crippen molar-refractivity contribution in [1.29, 1.82) is 0 Å². The van der Waals surface area contributed by atoms with Gasteiger partial charge in [0.15, 0.2) is 11.6 Å². The van der Waals surface area contributed by atoms with E-state index in [9.17, 15) is 13.9 Å². The summed E-state index contributed by atoms with van der Waals surface area (Å²) in [7, 11) is 0. The zero-order valence-corrected chi connectivity index (χ0v) is 7.43. The molecule has 1 N–H and O–H groups in total. The normalized spacial score (nSPS) is 12.9. The molecule has 0 heterocycles. The zero-order chi connectivity index (χ0) is 9.84. The highest BCUT2D eigenvalue weighted by molar-refractivity contribution is 5.21. The third-order valence-corrected chi connectivity index (χ3v) is 1.90. The summed E-state index contributed by atoms with van der Waals surface area (Å²) in [4.78, 5) is 0. The quantitative estimate of drug-likeness (QED) is 0.769. The summed E-state index contributed by atoms with van der Waals surface area (Å²) in [6.45, 7) is 1.88. The van der Waals surface area contributed by atoms with Crippen molar-refractivity contribution in [3.8, 4) is 0 Å². The van der Waals surface area contributed by atoms with Crippen LogP contribution in [0, 0.1) is 11.6 Å². The molecule has 0 saturated carbocycles. The summed E-state index contributed by atoms with van der Waals surface area (Å²) in [5.41, 5.74) is 0.0434. The summed E-state index contributed by atoms with van der Waals surface area (Å²) < 4.78 is 25.7. The van der Waals surface area contributed by atoms with Crippen LogP contribution < -0.4 is 0 Å². The predicted octanol–water partition coefficient (Wildman–Crippen LogP) is 2.80. The van der Waals surface area contributed by atoms with Crippen LogP contribution in [0.3, 0.4) is 0 Å². The van der Waals surface area contributed by atoms with Crippen molar-refractivity contribution in [2.24, 2.45) is 0 Å². The first-order chi connectivity index (χ1) is 6.16. The highest BCUT2D eigenvalue weighted by Crippen LogP contribution is 2.22. The first kappa shape index (κ1) is 10.1. The standard InChI is InChI=1S/C10H12F2O/c1-2-4-9(13)7-5-3-6-8(11)10(7)12/h3,5-6,9,13H,2,4H2,1H3. The second-order valence-corrected chi connectivity index (χ2v) is 2.95. The topological polar surface area (TPSA) is 20.2 Å². The summed E-state index contributed by atoms with van der Waals surface area (Å²) >= 11 is 0. The van der Waals surface area contributed by atoms with Crippen LogP contribution in [0.1, 0.15) is 31.4 Å². The number of hydrogen-bond donors (Lipinski definition) is 1. The van der Waals surface area contributed by atoms with Crippen molar-refractivity contribution in [2.75, 3.05) is 0 Å². The van der Waals surface area contributed by atoms with Gasteiger partial charge in [-0.15, -0.1) is 0 Å². The van der Waals surface area contributed by atoms with Gasteiger partial charge in [-0.2, -0.15) is 0 Å². The minimum Gasteiger partial charge on any atom is -0.388 e. The van der Waals surface area contributed by atoms with Gasteiger partial charge in [0.05, 0.1) is 6.10 Å². The Morgan fingerprint density at radius 1 is 1.38 bits per heavy atom. The molecule has 1 atom stereocenters. The van der Waals surface area contributed by atoms with E-state index in [1.165, 1.54) is 12.1 Å². The Hall–Kier alpha value is -0.960. The Labute approximate surface area is 76.0 Å². The van der Waals surface area contributed by atoms with E-state index < -0.39 is 17.7 Å². The molecule has 0 aliphatic heterocycles. The molecule has 0 spiro atoms. The number of aliphatic hydroxyl groups excluding tert-OH is 1. The van der Waals surface area contributed by atoms with Crippen molar-refractivity contribution >= 4 is 0 Å². The van der Waals surface area contributed by atoms with Crippen LogP contribution >= 0.6 is 0 Å². The lowest BCUT2D eigenvalue weighted by molar-refractivity contribution is 0.160. The molecule has 0 aliphatic carbocycles. The number of rotatable bonds is 3. The molecule has 1 unspecified atom stereocenters. The van der Waals surface area contributed by atoms with Gasteiger partial charge in [0, 0.05) is 5.56 Å². The number of halogens is 2. The molecule has 72 valence electrons. The predicted molar refractivity (Wildman–Crippen MR) is 46.2 cm³/mol. The minimum atomic E-state index is -0.941. The largest absolute Gasteiger partial charge is 0.388 e. The third kappa shape index (κ3) is 2.25. The number of aliphatic hydroxyl groups is 1. The van der Waals surface area contributed by atoms with Crippen LogP contribution in [0.4, 0.5) is 8.78 Å². The van der Waals surface area contributed by atoms with Gasteiger partial charge in [-0.05, 0) is 12.5 Å². The van der Waals surface area contributed by atoms with E-state index >= 15 is 0 Å². The fourth-order valence-corrected chi connectivity index (χ4v) is 1.21. The van der Waals surface area contributed by atoms with E-state index in [1.54, 1.807) is 0 Å². The molecule has 0 fully saturated rings. The molecule has 0 aliphatic rings. The van der Waals surface area contributed by atoms with Crippen LogP contribution in [-0.2, 0) is 0 Å². The van der Waals surface area contributed by atoms with Crippen LogP contribution in [0.2, 0.25) is 0 Å². The Balaban J connectivity index is 2.93. The molecule has 0 radical (unpaired) electrons. The van der Waals surface area contributed by atoms with Crippen LogP contribution in [0.25, 0.3) is 0 Å². The van der Waals surface area contributed by atoms with Crippen molar-refractivity contribution in [2.45, 2.75) is 25.9 Å². The lowest BCUT2D eigenvalue weighted by Crippen LogP contribution is -2.01. The van der Waals surface area contributed by atoms with Gasteiger partial charge >= 0.3 is 0 Å². The Morgan fingerprint density at radius 3 is 2.69 bits per heavy atom. The molecule has 13 heavy (non-hydrogen) atoms. The molecular weight excluding hydrogens is 174 g/mol. The number of benzene rings is 1. The molecule has 0 saturated heterocycles. The molecular formula is C10H12F2O. The maximum atomic E-state index is 13.0. The maximum Gasteiger partial charge on any atom is 0.164 e. The Morgan fingerprint density at radius 2 is 2.08 bits per heavy atom. The van der Waals surface area contributed by atoms with E-state index in [-0.39, 0.29) is 5.56 Å². The van der Waals surface area contributed by atoms with Crippen molar-refractivity contribution in [3.63, 3.8) is 0 Å². The smallest absolute Gasteiger partial charge is 0.164 e. The van der Waals surface area contributed by atoms with Crippen molar-refractivity contribution in [3.05, 3.63) is 35.4 Å². The summed E-state index contributed by atoms with van der Waals surface area (Å²) in [5.74, 6) is -1.85. The summed E-state index contributed by atoms with van der Waals surface area (Å²) in [5, 5.41) is 9.42. The first-order valence-corrected chi connectivity index (χ1v) is 4.28. The fraction of sp³-hybridized carbons (Fsp3) is 0.400. The molecule has 0 amide bonds. The second kappa shape index (κ2) is 4.33. The van der Waals surface area contributed by atoms with Gasteiger partial charge in [-0.3, -0.25) is 0 Å². The minimum absolute atomic E-state index is 0.0434. The molecule has 1 aromatic rings. The lowest BCUT2D eigenvalue weighted by Gasteiger charge is -2.10.